The number of nitrogens with two attached hydrogens (primary N) is 1. The Morgan fingerprint density at radius 1 is 1.20 bits per heavy atom. The van der Waals surface area contributed by atoms with E-state index in [1.165, 1.54) is 36.5 Å². The lowest BCUT2D eigenvalue weighted by molar-refractivity contribution is -0.152. The lowest BCUT2D eigenvalue weighted by atomic mass is 10.1. The molecule has 218 valence electrons. The number of ether oxygens (including phenoxy) is 1. The molecule has 0 aromatic carbocycles. The van der Waals surface area contributed by atoms with Crippen LogP contribution < -0.4 is 21.7 Å². The number of carbonyl (C=O) groups is 5. The summed E-state index contributed by atoms with van der Waals surface area (Å²) in [5.74, 6) is -1.82. The van der Waals surface area contributed by atoms with Crippen molar-refractivity contribution in [2.45, 2.75) is 69.5 Å². The number of rotatable bonds is 9. The first-order chi connectivity index (χ1) is 19.2. The molecule has 1 aromatic rings. The van der Waals surface area contributed by atoms with Crippen LogP contribution in [-0.4, -0.2) is 64.5 Å². The van der Waals surface area contributed by atoms with E-state index >= 15 is 0 Å². The number of nitrogens with zero attached hydrogens (tertiary/aromatic N) is 1. The smallest absolute Gasteiger partial charge is 0.329 e. The van der Waals surface area contributed by atoms with Gasteiger partial charge in [0, 0.05) is 17.6 Å². The molecule has 11 nitrogen and oxygen atoms in total. The minimum absolute atomic E-state index is 0.000950. The van der Waals surface area contributed by atoms with Crippen molar-refractivity contribution < 1.29 is 28.7 Å². The minimum Gasteiger partial charge on any atom is -0.456 e. The molecule has 1 aliphatic rings. The van der Waals surface area contributed by atoms with Crippen LogP contribution in [0.3, 0.4) is 0 Å². The quantitative estimate of drug-likeness (QED) is 0.110. The van der Waals surface area contributed by atoms with Gasteiger partial charge >= 0.3 is 5.97 Å². The van der Waals surface area contributed by atoms with Gasteiger partial charge in [0.25, 0.3) is 11.8 Å². The monoisotopic (exact) mass is 591 g/mol. The Labute approximate surface area is 242 Å². The summed E-state index contributed by atoms with van der Waals surface area (Å²) in [6.45, 7) is 3.54. The molecule has 13 heteroatoms. The van der Waals surface area contributed by atoms with Crippen LogP contribution in [0.25, 0.3) is 0 Å². The highest BCUT2D eigenvalue weighted by Gasteiger charge is 2.27. The second-order valence-corrected chi connectivity index (χ2v) is 11.0. The summed E-state index contributed by atoms with van der Waals surface area (Å²) in [6, 6.07) is 2.32. The number of esters is 1. The number of hydrogen-bond acceptors (Lipinski definition) is 10. The van der Waals surface area contributed by atoms with Gasteiger partial charge in [-0.1, -0.05) is 23.9 Å². The van der Waals surface area contributed by atoms with Crippen LogP contribution in [-0.2, 0) is 30.5 Å². The molecule has 3 amide bonds. The molecule has 0 saturated heterocycles. The normalized spacial score (nSPS) is 20.1. The molecule has 0 radical (unpaired) electrons. The predicted octanol–water partition coefficient (Wildman–Crippen LogP) is 2.21. The molecular weight excluding hydrogens is 554 g/mol. The number of carbonyl (C=O) groups excluding carboxylic acids is 5. The molecule has 2 heterocycles. The minimum atomic E-state index is -1.03. The average molecular weight is 592 g/mol. The Bertz CT molecular complexity index is 1140. The fraction of sp³-hybridized carbons (Fsp3) is 0.481. The Morgan fingerprint density at radius 3 is 2.65 bits per heavy atom. The van der Waals surface area contributed by atoms with Gasteiger partial charge in [-0.25, -0.2) is 9.78 Å². The number of aromatic nitrogens is 1. The first-order valence-corrected chi connectivity index (χ1v) is 15.2. The summed E-state index contributed by atoms with van der Waals surface area (Å²) in [5.41, 5.74) is 6.10. The molecule has 2 rings (SSSR count). The molecule has 0 unspecified atom stereocenters. The van der Waals surface area contributed by atoms with E-state index in [1.54, 1.807) is 31.2 Å². The first kappa shape index (κ1) is 33.0. The van der Waals surface area contributed by atoms with Crippen LogP contribution in [0, 0.1) is 0 Å². The molecule has 0 aliphatic carbocycles. The fourth-order valence-electron chi connectivity index (χ4n) is 3.65. The van der Waals surface area contributed by atoms with Crippen molar-refractivity contribution in [1.82, 2.24) is 20.9 Å². The molecule has 2 bridgehead atoms. The third-order valence-corrected chi connectivity index (χ3v) is 7.25. The van der Waals surface area contributed by atoms with Crippen molar-refractivity contribution in [3.63, 3.8) is 0 Å². The number of allylic oxidation sites excluding steroid dienone is 2. The van der Waals surface area contributed by atoms with Crippen molar-refractivity contribution in [2.24, 2.45) is 5.73 Å². The zero-order chi connectivity index (χ0) is 29.5. The van der Waals surface area contributed by atoms with Gasteiger partial charge in [0.05, 0.1) is 18.7 Å². The summed E-state index contributed by atoms with van der Waals surface area (Å²) in [4.78, 5) is 68.4. The lowest BCUT2D eigenvalue weighted by Crippen LogP contribution is -2.46. The summed E-state index contributed by atoms with van der Waals surface area (Å²) in [6.07, 6.45) is 7.55. The van der Waals surface area contributed by atoms with E-state index in [0.717, 1.165) is 4.90 Å². The second-order valence-electron chi connectivity index (χ2n) is 8.86. The highest BCUT2D eigenvalue weighted by Crippen LogP contribution is 2.18. The van der Waals surface area contributed by atoms with Crippen LogP contribution >= 0.6 is 23.5 Å². The van der Waals surface area contributed by atoms with Gasteiger partial charge in [0.2, 0.25) is 5.91 Å². The van der Waals surface area contributed by atoms with Crippen molar-refractivity contribution in [2.75, 3.05) is 18.6 Å². The van der Waals surface area contributed by atoms with Crippen LogP contribution in [0.4, 0.5) is 0 Å². The number of thioether (sulfide) groups is 2. The zero-order valence-corrected chi connectivity index (χ0v) is 24.6. The molecule has 0 spiro atoms. The molecule has 1 aliphatic heterocycles. The third-order valence-electron chi connectivity index (χ3n) is 5.70. The van der Waals surface area contributed by atoms with Gasteiger partial charge in [0.15, 0.2) is 5.12 Å². The van der Waals surface area contributed by atoms with Crippen molar-refractivity contribution in [1.29, 1.82) is 0 Å². The Balaban J connectivity index is 2.39. The van der Waals surface area contributed by atoms with E-state index in [-0.39, 0.29) is 35.9 Å². The van der Waals surface area contributed by atoms with Gasteiger partial charge < -0.3 is 26.4 Å². The SMILES string of the molecule is C/C=C1\NC(=O)c2cc(SC)cc(n2)CNC(=O)C[C@@H](/C=C/CCSC(C)=O)OC(=O)[C@H](CCCCN)NC1=O. The van der Waals surface area contributed by atoms with Gasteiger partial charge in [-0.15, -0.1) is 11.8 Å². The zero-order valence-electron chi connectivity index (χ0n) is 23.0. The maximum Gasteiger partial charge on any atom is 0.329 e. The van der Waals surface area contributed by atoms with E-state index in [9.17, 15) is 24.0 Å². The van der Waals surface area contributed by atoms with Crippen LogP contribution in [0.2, 0.25) is 0 Å². The van der Waals surface area contributed by atoms with Crippen LogP contribution in [0.15, 0.2) is 41.0 Å². The third kappa shape index (κ3) is 11.5. The van der Waals surface area contributed by atoms with Gasteiger partial charge in [-0.05, 0) is 63.6 Å². The Kier molecular flexibility index (Phi) is 14.5. The first-order valence-electron chi connectivity index (χ1n) is 13.0. The number of hydrogen-bond donors (Lipinski definition) is 4. The maximum absolute atomic E-state index is 13.2. The molecular formula is C27H37N5O6S2. The number of fused-ring (bicyclic) bond motifs is 2. The number of amides is 3. The fourth-order valence-corrected chi connectivity index (χ4v) is 4.68. The molecule has 1 aromatic heterocycles. The van der Waals surface area contributed by atoms with Gasteiger partial charge in [-0.3, -0.25) is 19.2 Å². The van der Waals surface area contributed by atoms with Crippen molar-refractivity contribution in [3.05, 3.63) is 47.4 Å². The molecule has 0 saturated carbocycles. The van der Waals surface area contributed by atoms with Crippen LogP contribution in [0.5, 0.6) is 0 Å². The van der Waals surface area contributed by atoms with E-state index in [4.69, 9.17) is 10.5 Å². The standard InChI is InChI=1S/C27H37N5O6S2/c1-4-21-25(35)32-22(10-5-7-11-28)27(37)38-19(9-6-8-12-40-17(2)33)14-24(34)29-16-18-13-20(39-3)15-23(30-18)26(36)31-21/h4,6,9,13,15,19,22H,5,7-8,10-12,14,16,28H2,1-3H3,(H,29,34)(H,31,36)(H,32,35)/b9-6+,21-4-/t19-,22+/m1/s1. The van der Waals surface area contributed by atoms with E-state index in [2.05, 4.69) is 20.9 Å². The van der Waals surface area contributed by atoms with Crippen molar-refractivity contribution in [3.8, 4) is 0 Å². The molecule has 2 atom stereocenters. The van der Waals surface area contributed by atoms with Gasteiger partial charge in [0.1, 0.15) is 23.5 Å². The summed E-state index contributed by atoms with van der Waals surface area (Å²) >= 11 is 2.58. The number of unbranched alkanes of at least 4 members (excludes halogenated alkanes) is 1. The van der Waals surface area contributed by atoms with Gasteiger partial charge in [-0.2, -0.15) is 0 Å². The molecule has 5 N–H and O–H groups in total. The average Bonchev–Trinajstić information content (AvgIpc) is 2.92. The van der Waals surface area contributed by atoms with Crippen LogP contribution in [0.1, 0.15) is 62.1 Å². The Hall–Kier alpha value is -3.16. The highest BCUT2D eigenvalue weighted by atomic mass is 32.2. The number of pyridine rings is 1. The topological polar surface area (TPSA) is 170 Å². The van der Waals surface area contributed by atoms with E-state index in [1.807, 2.05) is 6.26 Å². The number of nitrogens with one attached hydrogen (secondary N) is 3. The molecule has 0 fully saturated rings. The van der Waals surface area contributed by atoms with Crippen molar-refractivity contribution >= 4 is 52.3 Å². The lowest BCUT2D eigenvalue weighted by Gasteiger charge is -2.22. The maximum atomic E-state index is 13.2. The summed E-state index contributed by atoms with van der Waals surface area (Å²) in [5, 5.41) is 7.99. The highest BCUT2D eigenvalue weighted by molar-refractivity contribution is 8.13. The largest absolute Gasteiger partial charge is 0.456 e. The molecule has 40 heavy (non-hydrogen) atoms. The Morgan fingerprint density at radius 2 is 1.98 bits per heavy atom. The number of cyclic esters (lactones) is 1. The summed E-state index contributed by atoms with van der Waals surface area (Å²) < 4.78 is 5.68. The predicted molar refractivity (Wildman–Crippen MR) is 155 cm³/mol. The summed E-state index contributed by atoms with van der Waals surface area (Å²) in [7, 11) is 0. The van der Waals surface area contributed by atoms with E-state index < -0.39 is 35.8 Å². The second kappa shape index (κ2) is 17.5. The van der Waals surface area contributed by atoms with E-state index in [0.29, 0.717) is 37.3 Å².